The van der Waals surface area contributed by atoms with E-state index in [0.29, 0.717) is 24.6 Å². The fourth-order valence-corrected chi connectivity index (χ4v) is 4.27. The van der Waals surface area contributed by atoms with E-state index in [1.807, 2.05) is 35.0 Å². The van der Waals surface area contributed by atoms with Gasteiger partial charge in [0.15, 0.2) is 5.65 Å². The van der Waals surface area contributed by atoms with Crippen LogP contribution < -0.4 is 10.0 Å². The summed E-state index contributed by atoms with van der Waals surface area (Å²) in [5, 5.41) is 8.37. The molecule has 0 aliphatic rings. The molecule has 4 aromatic rings. The van der Waals surface area contributed by atoms with Crippen molar-refractivity contribution in [1.82, 2.24) is 24.5 Å². The maximum absolute atomic E-state index is 12.4. The summed E-state index contributed by atoms with van der Waals surface area (Å²) in [4.78, 5) is 8.84. The van der Waals surface area contributed by atoms with Gasteiger partial charge < -0.3 is 5.32 Å². The van der Waals surface area contributed by atoms with E-state index in [0.717, 1.165) is 15.4 Å². The quantitative estimate of drug-likeness (QED) is 0.371. The topological polar surface area (TPSA) is 102 Å². The molecule has 0 amide bonds. The highest BCUT2D eigenvalue weighted by Gasteiger charge is 2.14. The minimum Gasteiger partial charge on any atom is -0.368 e. The molecule has 0 bridgehead atoms. The van der Waals surface area contributed by atoms with Crippen LogP contribution in [0.4, 0.5) is 5.82 Å². The Morgan fingerprint density at radius 2 is 1.73 bits per heavy atom. The summed E-state index contributed by atoms with van der Waals surface area (Å²) in [6.07, 6.45) is 3.19. The van der Waals surface area contributed by atoms with Gasteiger partial charge in [0.05, 0.1) is 23.0 Å². The summed E-state index contributed by atoms with van der Waals surface area (Å²) in [7, 11) is -3.56. The number of halogens is 1. The third-order valence-electron chi connectivity index (χ3n) is 4.44. The second-order valence-electron chi connectivity index (χ2n) is 6.53. The molecule has 4 rings (SSSR count). The van der Waals surface area contributed by atoms with Crippen molar-refractivity contribution in [3.05, 3.63) is 77.2 Å². The Morgan fingerprint density at radius 3 is 2.50 bits per heavy atom. The fourth-order valence-electron chi connectivity index (χ4n) is 2.97. The maximum atomic E-state index is 12.4. The van der Waals surface area contributed by atoms with Gasteiger partial charge in [-0.05, 0) is 29.8 Å². The van der Waals surface area contributed by atoms with Gasteiger partial charge in [0.25, 0.3) is 0 Å². The number of nitrogens with one attached hydrogen (secondary N) is 2. The molecule has 2 aromatic heterocycles. The van der Waals surface area contributed by atoms with Crippen LogP contribution in [-0.4, -0.2) is 41.3 Å². The van der Waals surface area contributed by atoms with Crippen molar-refractivity contribution in [2.75, 3.05) is 18.4 Å². The predicted octanol–water partition coefficient (Wildman–Crippen LogP) is 3.03. The molecule has 0 aliphatic carbocycles. The average Bonchev–Trinajstić information content (AvgIpc) is 3.16. The van der Waals surface area contributed by atoms with E-state index < -0.39 is 10.0 Å². The molecule has 2 aromatic carbocycles. The van der Waals surface area contributed by atoms with E-state index in [1.165, 1.54) is 6.33 Å². The zero-order chi connectivity index (χ0) is 21.0. The van der Waals surface area contributed by atoms with Gasteiger partial charge in [-0.25, -0.2) is 27.8 Å². The lowest BCUT2D eigenvalue weighted by atomic mass is 10.2. The Labute approximate surface area is 182 Å². The lowest BCUT2D eigenvalue weighted by molar-refractivity contribution is 0.583. The molecule has 0 saturated carbocycles. The fraction of sp³-hybridized carbons (Fsp3) is 0.150. The minimum atomic E-state index is -3.56. The van der Waals surface area contributed by atoms with Gasteiger partial charge in [-0.3, -0.25) is 0 Å². The van der Waals surface area contributed by atoms with Crippen molar-refractivity contribution >= 4 is 42.8 Å². The number of rotatable bonds is 8. The number of aromatic nitrogens is 4. The summed E-state index contributed by atoms with van der Waals surface area (Å²) >= 11 is 3.30. The summed E-state index contributed by atoms with van der Waals surface area (Å²) in [5.41, 5.74) is 1.84. The summed E-state index contributed by atoms with van der Waals surface area (Å²) in [6.45, 7) is 1.18. The first-order chi connectivity index (χ1) is 14.5. The number of hydrogen-bond acceptors (Lipinski definition) is 6. The second kappa shape index (κ2) is 8.90. The van der Waals surface area contributed by atoms with Crippen LogP contribution in [0.15, 0.2) is 76.5 Å². The van der Waals surface area contributed by atoms with Gasteiger partial charge in [0, 0.05) is 17.6 Å². The minimum absolute atomic E-state index is 0.210. The highest BCUT2D eigenvalue weighted by Crippen LogP contribution is 2.19. The summed E-state index contributed by atoms with van der Waals surface area (Å²) in [5.74, 6) is 0.613. The lowest BCUT2D eigenvalue weighted by Gasteiger charge is -2.09. The van der Waals surface area contributed by atoms with E-state index in [-0.39, 0.29) is 11.4 Å². The number of fused-ring (bicyclic) bond motifs is 1. The van der Waals surface area contributed by atoms with Crippen molar-refractivity contribution in [3.63, 3.8) is 0 Å². The second-order valence-corrected chi connectivity index (χ2v) is 9.21. The number of anilines is 1. The Morgan fingerprint density at radius 1 is 0.967 bits per heavy atom. The Hall–Kier alpha value is -2.82. The molecule has 0 atom stereocenters. The molecule has 2 heterocycles. The molecule has 8 nitrogen and oxygen atoms in total. The maximum Gasteiger partial charge on any atom is 0.240 e. The van der Waals surface area contributed by atoms with Gasteiger partial charge in [-0.15, -0.1) is 0 Å². The van der Waals surface area contributed by atoms with Gasteiger partial charge in [-0.1, -0.05) is 46.3 Å². The number of sulfonamides is 1. The molecule has 10 heteroatoms. The molecular weight excluding hydrogens is 468 g/mol. The van der Waals surface area contributed by atoms with Crippen LogP contribution in [0.3, 0.4) is 0 Å². The first kappa shape index (κ1) is 20.5. The summed E-state index contributed by atoms with van der Waals surface area (Å²) < 4.78 is 29.9. The van der Waals surface area contributed by atoms with Crippen LogP contribution in [0, 0.1) is 0 Å². The van der Waals surface area contributed by atoms with Crippen LogP contribution >= 0.6 is 15.9 Å². The van der Waals surface area contributed by atoms with E-state index in [9.17, 15) is 8.42 Å². The first-order valence-electron chi connectivity index (χ1n) is 9.22. The van der Waals surface area contributed by atoms with Crippen molar-refractivity contribution in [2.24, 2.45) is 0 Å². The molecule has 0 unspecified atom stereocenters. The van der Waals surface area contributed by atoms with Gasteiger partial charge in [0.2, 0.25) is 10.0 Å². The molecule has 154 valence electrons. The summed E-state index contributed by atoms with van der Waals surface area (Å²) in [6, 6.07) is 16.5. The SMILES string of the molecule is O=S(=O)(NCCNc1ncnc2c1cnn2Cc1ccccc1)c1ccc(Br)cc1. The molecule has 0 radical (unpaired) electrons. The molecule has 0 fully saturated rings. The zero-order valence-corrected chi connectivity index (χ0v) is 18.3. The van der Waals surface area contributed by atoms with Crippen LogP contribution in [0.1, 0.15) is 5.56 Å². The zero-order valence-electron chi connectivity index (χ0n) is 15.9. The Kier molecular flexibility index (Phi) is 6.07. The van der Waals surface area contributed by atoms with E-state index >= 15 is 0 Å². The van der Waals surface area contributed by atoms with Gasteiger partial charge in [0.1, 0.15) is 12.1 Å². The highest BCUT2D eigenvalue weighted by atomic mass is 79.9. The monoisotopic (exact) mass is 486 g/mol. The van der Waals surface area contributed by atoms with Crippen molar-refractivity contribution in [3.8, 4) is 0 Å². The van der Waals surface area contributed by atoms with Gasteiger partial charge >= 0.3 is 0 Å². The molecule has 30 heavy (non-hydrogen) atoms. The third kappa shape index (κ3) is 4.66. The molecule has 0 saturated heterocycles. The van der Waals surface area contributed by atoms with Crippen LogP contribution in [0.25, 0.3) is 11.0 Å². The highest BCUT2D eigenvalue weighted by molar-refractivity contribution is 9.10. The van der Waals surface area contributed by atoms with Crippen LogP contribution in [0.5, 0.6) is 0 Å². The molecule has 2 N–H and O–H groups in total. The smallest absolute Gasteiger partial charge is 0.240 e. The normalized spacial score (nSPS) is 11.6. The first-order valence-corrected chi connectivity index (χ1v) is 11.5. The van der Waals surface area contributed by atoms with Crippen molar-refractivity contribution in [1.29, 1.82) is 0 Å². The number of hydrogen-bond donors (Lipinski definition) is 2. The number of benzene rings is 2. The van der Waals surface area contributed by atoms with E-state index in [4.69, 9.17) is 0 Å². The van der Waals surface area contributed by atoms with Crippen LogP contribution in [-0.2, 0) is 16.6 Å². The molecule has 0 aliphatic heterocycles. The van der Waals surface area contributed by atoms with Crippen molar-refractivity contribution in [2.45, 2.75) is 11.4 Å². The Bertz CT molecular complexity index is 1240. The average molecular weight is 487 g/mol. The Balaban J connectivity index is 1.40. The van der Waals surface area contributed by atoms with Gasteiger partial charge in [-0.2, -0.15) is 5.10 Å². The molecule has 0 spiro atoms. The van der Waals surface area contributed by atoms with E-state index in [1.54, 1.807) is 30.5 Å². The van der Waals surface area contributed by atoms with Crippen LogP contribution in [0.2, 0.25) is 0 Å². The third-order valence-corrected chi connectivity index (χ3v) is 6.45. The predicted molar refractivity (Wildman–Crippen MR) is 119 cm³/mol. The lowest BCUT2D eigenvalue weighted by Crippen LogP contribution is -2.29. The molecular formula is C20H19BrN6O2S. The number of nitrogens with zero attached hydrogens (tertiary/aromatic N) is 4. The largest absolute Gasteiger partial charge is 0.368 e. The van der Waals surface area contributed by atoms with Crippen molar-refractivity contribution < 1.29 is 8.42 Å². The standard InChI is InChI=1S/C20H19BrN6O2S/c21-16-6-8-17(9-7-16)30(28,29)26-11-10-22-19-18-12-25-27(20(18)24-14-23-19)13-15-4-2-1-3-5-15/h1-9,12,14,26H,10-11,13H2,(H,22,23,24). The van der Waals surface area contributed by atoms with E-state index in [2.05, 4.69) is 41.0 Å².